The predicted octanol–water partition coefficient (Wildman–Crippen LogP) is 3.83. The first-order valence-corrected chi connectivity index (χ1v) is 8.32. The number of carbonyl (C=O) groups is 1. The molecular formula is C20H18FN3O. The van der Waals surface area contributed by atoms with E-state index < -0.39 is 0 Å². The van der Waals surface area contributed by atoms with E-state index in [1.54, 1.807) is 18.2 Å². The maximum Gasteiger partial charge on any atom is 0.244 e. The summed E-state index contributed by atoms with van der Waals surface area (Å²) in [6.07, 6.45) is 4.91. The van der Waals surface area contributed by atoms with Crippen molar-refractivity contribution in [1.82, 2.24) is 15.5 Å². The molecule has 1 atom stereocenters. The number of benzene rings is 2. The lowest BCUT2D eigenvalue weighted by Crippen LogP contribution is -2.25. The minimum absolute atomic E-state index is 0.0505. The lowest BCUT2D eigenvalue weighted by Gasteiger charge is -2.12. The Morgan fingerprint density at radius 3 is 3.08 bits per heavy atom. The molecule has 0 radical (unpaired) electrons. The third-order valence-corrected chi connectivity index (χ3v) is 4.70. The van der Waals surface area contributed by atoms with Crippen molar-refractivity contribution in [2.45, 2.75) is 25.8 Å². The van der Waals surface area contributed by atoms with E-state index in [-0.39, 0.29) is 17.8 Å². The van der Waals surface area contributed by atoms with Crippen molar-refractivity contribution < 1.29 is 9.18 Å². The van der Waals surface area contributed by atoms with Crippen LogP contribution in [0.25, 0.3) is 17.0 Å². The second kappa shape index (κ2) is 6.16. The van der Waals surface area contributed by atoms with Crippen LogP contribution in [0.3, 0.4) is 0 Å². The highest BCUT2D eigenvalue weighted by molar-refractivity contribution is 5.93. The van der Waals surface area contributed by atoms with Gasteiger partial charge in [0, 0.05) is 11.5 Å². The summed E-state index contributed by atoms with van der Waals surface area (Å²) in [5, 5.41) is 11.2. The van der Waals surface area contributed by atoms with E-state index in [1.165, 1.54) is 12.1 Å². The molecule has 1 aliphatic rings. The topological polar surface area (TPSA) is 57.8 Å². The molecule has 0 saturated carbocycles. The smallest absolute Gasteiger partial charge is 0.244 e. The van der Waals surface area contributed by atoms with E-state index >= 15 is 0 Å². The number of carbonyl (C=O) groups excluding carboxylic acids is 1. The molecule has 0 saturated heterocycles. The Bertz CT molecular complexity index is 990. The number of aromatic amines is 1. The van der Waals surface area contributed by atoms with Gasteiger partial charge in [-0.25, -0.2) is 4.39 Å². The van der Waals surface area contributed by atoms with Crippen LogP contribution in [-0.4, -0.2) is 16.1 Å². The molecule has 126 valence electrons. The van der Waals surface area contributed by atoms with E-state index in [4.69, 9.17) is 0 Å². The van der Waals surface area contributed by atoms with Crippen LogP contribution in [0.4, 0.5) is 4.39 Å². The monoisotopic (exact) mass is 335 g/mol. The average Bonchev–Trinajstić information content (AvgIpc) is 3.16. The number of aromatic nitrogens is 2. The average molecular weight is 335 g/mol. The molecule has 25 heavy (non-hydrogen) atoms. The molecule has 1 amide bonds. The Morgan fingerprint density at radius 2 is 2.20 bits per heavy atom. The molecule has 1 heterocycles. The van der Waals surface area contributed by atoms with Crippen LogP contribution < -0.4 is 5.32 Å². The van der Waals surface area contributed by atoms with Gasteiger partial charge in [-0.05, 0) is 60.7 Å². The quantitative estimate of drug-likeness (QED) is 0.715. The van der Waals surface area contributed by atoms with E-state index in [1.807, 2.05) is 25.1 Å². The van der Waals surface area contributed by atoms with Crippen LogP contribution in [0.1, 0.15) is 34.8 Å². The van der Waals surface area contributed by atoms with Gasteiger partial charge in [-0.2, -0.15) is 5.10 Å². The Labute approximate surface area is 144 Å². The molecule has 1 aliphatic carbocycles. The van der Waals surface area contributed by atoms with Gasteiger partial charge < -0.3 is 5.32 Å². The first-order chi connectivity index (χ1) is 12.1. The Balaban J connectivity index is 1.46. The highest BCUT2D eigenvalue weighted by atomic mass is 19.1. The van der Waals surface area contributed by atoms with Crippen molar-refractivity contribution in [3.05, 3.63) is 70.7 Å². The molecule has 3 aromatic rings. The van der Waals surface area contributed by atoms with Crippen molar-refractivity contribution >= 4 is 22.9 Å². The summed E-state index contributed by atoms with van der Waals surface area (Å²) >= 11 is 0. The number of hydrogen-bond acceptors (Lipinski definition) is 2. The fraction of sp³-hybridized carbons (Fsp3) is 0.200. The van der Waals surface area contributed by atoms with Gasteiger partial charge in [0.1, 0.15) is 5.82 Å². The summed E-state index contributed by atoms with van der Waals surface area (Å²) in [5.74, 6) is -0.377. The number of fused-ring (bicyclic) bond motifs is 2. The van der Waals surface area contributed by atoms with Gasteiger partial charge >= 0.3 is 0 Å². The van der Waals surface area contributed by atoms with Crippen LogP contribution >= 0.6 is 0 Å². The number of halogens is 1. The molecule has 0 bridgehead atoms. The first-order valence-electron chi connectivity index (χ1n) is 8.32. The minimum atomic E-state index is -0.227. The number of nitrogens with zero attached hydrogens (tertiary/aromatic N) is 1. The van der Waals surface area contributed by atoms with Gasteiger partial charge in [0.25, 0.3) is 0 Å². The van der Waals surface area contributed by atoms with Crippen LogP contribution in [0.15, 0.2) is 42.5 Å². The second-order valence-electron chi connectivity index (χ2n) is 6.39. The van der Waals surface area contributed by atoms with E-state index in [0.29, 0.717) is 0 Å². The van der Waals surface area contributed by atoms with Gasteiger partial charge in [-0.3, -0.25) is 9.89 Å². The molecule has 5 heteroatoms. The fourth-order valence-electron chi connectivity index (χ4n) is 3.41. The molecule has 2 aromatic carbocycles. The van der Waals surface area contributed by atoms with E-state index in [9.17, 15) is 9.18 Å². The van der Waals surface area contributed by atoms with Gasteiger partial charge in [-0.1, -0.05) is 18.2 Å². The van der Waals surface area contributed by atoms with E-state index in [0.717, 1.165) is 46.1 Å². The zero-order valence-corrected chi connectivity index (χ0v) is 13.8. The number of rotatable bonds is 3. The van der Waals surface area contributed by atoms with E-state index in [2.05, 4.69) is 15.5 Å². The zero-order chi connectivity index (χ0) is 17.4. The lowest BCUT2D eigenvalue weighted by atomic mass is 10.1. The Kier molecular flexibility index (Phi) is 3.84. The molecule has 4 nitrogen and oxygen atoms in total. The van der Waals surface area contributed by atoms with Crippen LogP contribution in [0.2, 0.25) is 0 Å². The van der Waals surface area contributed by atoms with Gasteiger partial charge in [0.2, 0.25) is 5.91 Å². The molecule has 1 unspecified atom stereocenters. The lowest BCUT2D eigenvalue weighted by molar-refractivity contribution is -0.117. The maximum atomic E-state index is 13.3. The molecule has 4 rings (SSSR count). The normalized spacial score (nSPS) is 16.5. The predicted molar refractivity (Wildman–Crippen MR) is 95.5 cm³/mol. The number of nitrogens with one attached hydrogen (secondary N) is 2. The second-order valence-corrected chi connectivity index (χ2v) is 6.39. The molecule has 1 aromatic heterocycles. The summed E-state index contributed by atoms with van der Waals surface area (Å²) in [6, 6.07) is 10.6. The third-order valence-electron chi connectivity index (χ3n) is 4.70. The van der Waals surface area contributed by atoms with Gasteiger partial charge in [0.05, 0.1) is 17.3 Å². The van der Waals surface area contributed by atoms with Crippen molar-refractivity contribution in [3.8, 4) is 0 Å². The SMILES string of the molecule is Cc1n[nH]c2cc(/C=C/C(=O)NC3CCc4cc(F)ccc43)ccc12. The fourth-order valence-corrected chi connectivity index (χ4v) is 3.41. The highest BCUT2D eigenvalue weighted by Gasteiger charge is 2.23. The van der Waals surface area contributed by atoms with Crippen LogP contribution in [-0.2, 0) is 11.2 Å². The van der Waals surface area contributed by atoms with Crippen molar-refractivity contribution in [1.29, 1.82) is 0 Å². The first kappa shape index (κ1) is 15.6. The molecule has 0 aliphatic heterocycles. The summed E-state index contributed by atoms with van der Waals surface area (Å²) in [6.45, 7) is 1.95. The largest absolute Gasteiger partial charge is 0.346 e. The zero-order valence-electron chi connectivity index (χ0n) is 13.8. The maximum absolute atomic E-state index is 13.3. The number of H-pyrrole nitrogens is 1. The van der Waals surface area contributed by atoms with Gasteiger partial charge in [-0.15, -0.1) is 0 Å². The molecule has 2 N–H and O–H groups in total. The third kappa shape index (κ3) is 3.05. The van der Waals surface area contributed by atoms with Crippen LogP contribution in [0.5, 0.6) is 0 Å². The van der Waals surface area contributed by atoms with Crippen molar-refractivity contribution in [3.63, 3.8) is 0 Å². The summed E-state index contributed by atoms with van der Waals surface area (Å²) < 4.78 is 13.3. The highest BCUT2D eigenvalue weighted by Crippen LogP contribution is 2.31. The number of aryl methyl sites for hydroxylation is 2. The van der Waals surface area contributed by atoms with Crippen LogP contribution in [0, 0.1) is 12.7 Å². The van der Waals surface area contributed by atoms with Crippen molar-refractivity contribution in [2.75, 3.05) is 0 Å². The molecular weight excluding hydrogens is 317 g/mol. The standard InChI is InChI=1S/C20H18FN3O/c1-12-16-6-2-13(10-19(16)24-23-12)3-9-20(25)22-18-8-4-14-11-15(21)5-7-17(14)18/h2-3,5-7,9-11,18H,4,8H2,1H3,(H,22,25)(H,23,24)/b9-3+. The summed E-state index contributed by atoms with van der Waals surface area (Å²) in [7, 11) is 0. The summed E-state index contributed by atoms with van der Waals surface area (Å²) in [5.41, 5.74) is 4.83. The molecule has 0 fully saturated rings. The molecule has 0 spiro atoms. The minimum Gasteiger partial charge on any atom is -0.346 e. The van der Waals surface area contributed by atoms with Gasteiger partial charge in [0.15, 0.2) is 0 Å². The van der Waals surface area contributed by atoms with Crippen molar-refractivity contribution in [2.24, 2.45) is 0 Å². The Morgan fingerprint density at radius 1 is 1.32 bits per heavy atom. The summed E-state index contributed by atoms with van der Waals surface area (Å²) in [4.78, 5) is 12.2. The number of hydrogen-bond donors (Lipinski definition) is 2. The Hall–Kier alpha value is -2.95. The number of amides is 1.